The van der Waals surface area contributed by atoms with Crippen LogP contribution in [0.5, 0.6) is 0 Å². The second kappa shape index (κ2) is 5.32. The number of anilines is 1. The lowest BCUT2D eigenvalue weighted by Crippen LogP contribution is -2.37. The van der Waals surface area contributed by atoms with Gasteiger partial charge in [-0.1, -0.05) is 0 Å². The highest BCUT2D eigenvalue weighted by Gasteiger charge is 2.39. The summed E-state index contributed by atoms with van der Waals surface area (Å²) in [5.41, 5.74) is 0. The maximum absolute atomic E-state index is 12.4. The van der Waals surface area contributed by atoms with Crippen molar-refractivity contribution in [2.75, 3.05) is 18.1 Å². The first-order valence-electron chi connectivity index (χ1n) is 5.77. The Morgan fingerprint density at radius 3 is 2.89 bits per heavy atom. The van der Waals surface area contributed by atoms with E-state index in [9.17, 15) is 18.0 Å². The third kappa shape index (κ3) is 2.96. The summed E-state index contributed by atoms with van der Waals surface area (Å²) in [5, 5.41) is 0.114. The zero-order chi connectivity index (χ0) is 14.0. The Kier molecular flexibility index (Phi) is 3.93. The minimum absolute atomic E-state index is 0.114. The third-order valence-corrected chi connectivity index (χ3v) is 3.48. The Morgan fingerprint density at radius 2 is 2.32 bits per heavy atom. The number of carbonyl (C=O) groups excluding carboxylic acids is 1. The first-order chi connectivity index (χ1) is 8.93. The van der Waals surface area contributed by atoms with Gasteiger partial charge >= 0.3 is 12.1 Å². The molecule has 0 saturated carbocycles. The summed E-state index contributed by atoms with van der Waals surface area (Å²) in [6.07, 6.45) is -3.29. The Morgan fingerprint density at radius 1 is 1.58 bits per heavy atom. The summed E-state index contributed by atoms with van der Waals surface area (Å²) in [7, 11) is 0. The van der Waals surface area contributed by atoms with Gasteiger partial charge in [0.05, 0.1) is 6.61 Å². The standard InChI is InChI=1S/C10H12F3N3O2S/c1-2-18-7(17)6-4-3-5-16(6)9-14-8(15-19-9)10(11,12)13/h6H,2-5H2,1H3. The molecule has 19 heavy (non-hydrogen) atoms. The van der Waals surface area contributed by atoms with Gasteiger partial charge < -0.3 is 9.64 Å². The van der Waals surface area contributed by atoms with Gasteiger partial charge in [-0.05, 0) is 19.8 Å². The van der Waals surface area contributed by atoms with Crippen LogP contribution in [0.2, 0.25) is 0 Å². The minimum atomic E-state index is -4.56. The molecule has 2 heterocycles. The van der Waals surface area contributed by atoms with Crippen LogP contribution in [0.3, 0.4) is 0 Å². The Hall–Kier alpha value is -1.38. The average molecular weight is 295 g/mol. The highest BCUT2D eigenvalue weighted by molar-refractivity contribution is 7.09. The van der Waals surface area contributed by atoms with Crippen LogP contribution in [0.15, 0.2) is 0 Å². The molecule has 1 aromatic rings. The minimum Gasteiger partial charge on any atom is -0.464 e. The van der Waals surface area contributed by atoms with E-state index in [1.807, 2.05) is 0 Å². The molecule has 106 valence electrons. The number of alkyl halides is 3. The fraction of sp³-hybridized carbons (Fsp3) is 0.700. The number of carbonyl (C=O) groups is 1. The van der Waals surface area contributed by atoms with Crippen molar-refractivity contribution in [1.29, 1.82) is 0 Å². The van der Waals surface area contributed by atoms with Crippen LogP contribution in [0.4, 0.5) is 18.3 Å². The number of esters is 1. The van der Waals surface area contributed by atoms with Crippen molar-refractivity contribution in [2.45, 2.75) is 32.0 Å². The van der Waals surface area contributed by atoms with Crippen molar-refractivity contribution in [3.05, 3.63) is 5.82 Å². The zero-order valence-corrected chi connectivity index (χ0v) is 10.9. The smallest absolute Gasteiger partial charge is 0.452 e. The number of nitrogens with zero attached hydrogens (tertiary/aromatic N) is 3. The van der Waals surface area contributed by atoms with Crippen LogP contribution in [0.25, 0.3) is 0 Å². The van der Waals surface area contributed by atoms with E-state index < -0.39 is 24.0 Å². The molecule has 1 atom stereocenters. The van der Waals surface area contributed by atoms with E-state index in [4.69, 9.17) is 4.74 Å². The molecule has 0 aliphatic carbocycles. The van der Waals surface area contributed by atoms with E-state index in [0.29, 0.717) is 30.9 Å². The van der Waals surface area contributed by atoms with Crippen molar-refractivity contribution >= 4 is 22.6 Å². The van der Waals surface area contributed by atoms with E-state index in [-0.39, 0.29) is 11.7 Å². The highest BCUT2D eigenvalue weighted by atomic mass is 32.1. The van der Waals surface area contributed by atoms with Crippen LogP contribution in [-0.4, -0.2) is 34.5 Å². The van der Waals surface area contributed by atoms with Crippen LogP contribution < -0.4 is 4.90 Å². The number of rotatable bonds is 3. The Balaban J connectivity index is 2.16. The van der Waals surface area contributed by atoms with Crippen molar-refractivity contribution in [3.8, 4) is 0 Å². The van der Waals surface area contributed by atoms with E-state index in [0.717, 1.165) is 0 Å². The first-order valence-corrected chi connectivity index (χ1v) is 6.55. The second-order valence-electron chi connectivity index (χ2n) is 4.00. The molecule has 1 aliphatic rings. The summed E-state index contributed by atoms with van der Waals surface area (Å²) >= 11 is 0.650. The number of aromatic nitrogens is 2. The Bertz CT molecular complexity index is 463. The van der Waals surface area contributed by atoms with Gasteiger partial charge in [0.25, 0.3) is 0 Å². The monoisotopic (exact) mass is 295 g/mol. The van der Waals surface area contributed by atoms with Gasteiger partial charge in [-0.25, -0.2) is 4.79 Å². The molecule has 5 nitrogen and oxygen atoms in total. The van der Waals surface area contributed by atoms with E-state index >= 15 is 0 Å². The molecule has 0 amide bonds. The predicted octanol–water partition coefficient (Wildman–Crippen LogP) is 2.09. The van der Waals surface area contributed by atoms with Gasteiger partial charge in [0.2, 0.25) is 11.0 Å². The summed E-state index contributed by atoms with van der Waals surface area (Å²) < 4.78 is 45.5. The second-order valence-corrected chi connectivity index (χ2v) is 4.73. The van der Waals surface area contributed by atoms with Crippen LogP contribution in [0.1, 0.15) is 25.6 Å². The molecule has 1 fully saturated rings. The van der Waals surface area contributed by atoms with E-state index in [2.05, 4.69) is 9.36 Å². The topological polar surface area (TPSA) is 55.3 Å². The maximum atomic E-state index is 12.4. The lowest BCUT2D eigenvalue weighted by Gasteiger charge is -2.21. The number of halogens is 3. The van der Waals surface area contributed by atoms with Gasteiger partial charge in [-0.3, -0.25) is 0 Å². The highest BCUT2D eigenvalue weighted by Crippen LogP contribution is 2.33. The SMILES string of the molecule is CCOC(=O)C1CCCN1c1nc(C(F)(F)F)ns1. The van der Waals surface area contributed by atoms with Gasteiger partial charge in [-0.15, -0.1) is 0 Å². The lowest BCUT2D eigenvalue weighted by molar-refractivity contribution is -0.144. The van der Waals surface area contributed by atoms with Crippen LogP contribution >= 0.6 is 11.5 Å². The number of hydrogen-bond donors (Lipinski definition) is 0. The van der Waals surface area contributed by atoms with Crippen LogP contribution in [-0.2, 0) is 15.7 Å². The zero-order valence-electron chi connectivity index (χ0n) is 10.1. The normalized spacial score (nSPS) is 19.8. The Labute approximate surface area is 111 Å². The first kappa shape index (κ1) is 14.0. The van der Waals surface area contributed by atoms with Gasteiger partial charge in [0.1, 0.15) is 6.04 Å². The molecule has 1 aromatic heterocycles. The van der Waals surface area contributed by atoms with Crippen molar-refractivity contribution < 1.29 is 22.7 Å². The fourth-order valence-corrected chi connectivity index (χ4v) is 2.69. The van der Waals surface area contributed by atoms with Crippen molar-refractivity contribution in [2.24, 2.45) is 0 Å². The van der Waals surface area contributed by atoms with Gasteiger partial charge in [0, 0.05) is 18.1 Å². The molecule has 0 bridgehead atoms. The average Bonchev–Trinajstić information content (AvgIpc) is 2.97. The molecule has 0 aromatic carbocycles. The number of hydrogen-bond acceptors (Lipinski definition) is 6. The molecule has 0 N–H and O–H groups in total. The van der Waals surface area contributed by atoms with E-state index in [1.165, 1.54) is 4.90 Å². The van der Waals surface area contributed by atoms with Gasteiger partial charge in [0.15, 0.2) is 0 Å². The summed E-state index contributed by atoms with van der Waals surface area (Å²) in [6.45, 7) is 2.41. The summed E-state index contributed by atoms with van der Waals surface area (Å²) in [4.78, 5) is 16.7. The predicted molar refractivity (Wildman–Crippen MR) is 61.9 cm³/mol. The van der Waals surface area contributed by atoms with Crippen molar-refractivity contribution in [1.82, 2.24) is 9.36 Å². The van der Waals surface area contributed by atoms with Crippen molar-refractivity contribution in [3.63, 3.8) is 0 Å². The molecule has 1 saturated heterocycles. The molecular weight excluding hydrogens is 283 g/mol. The quantitative estimate of drug-likeness (QED) is 0.799. The molecule has 0 radical (unpaired) electrons. The summed E-state index contributed by atoms with van der Waals surface area (Å²) in [5.74, 6) is -1.59. The molecular formula is C10H12F3N3O2S. The number of ether oxygens (including phenoxy) is 1. The maximum Gasteiger partial charge on any atom is 0.452 e. The third-order valence-electron chi connectivity index (χ3n) is 2.73. The van der Waals surface area contributed by atoms with E-state index in [1.54, 1.807) is 6.92 Å². The van der Waals surface area contributed by atoms with Gasteiger partial charge in [-0.2, -0.15) is 22.5 Å². The lowest BCUT2D eigenvalue weighted by atomic mass is 10.2. The fourth-order valence-electron chi connectivity index (χ4n) is 1.93. The molecule has 0 spiro atoms. The molecule has 2 rings (SSSR count). The molecule has 1 aliphatic heterocycles. The molecule has 1 unspecified atom stereocenters. The summed E-state index contributed by atoms with van der Waals surface area (Å²) in [6, 6.07) is -0.561. The van der Waals surface area contributed by atoms with Crippen LogP contribution in [0, 0.1) is 0 Å². The largest absolute Gasteiger partial charge is 0.464 e. The molecule has 9 heteroatoms.